The Hall–Kier alpha value is -2.80. The number of pyridine rings is 1. The molecule has 0 bridgehead atoms. The van der Waals surface area contributed by atoms with Crippen molar-refractivity contribution in [1.82, 2.24) is 30.6 Å². The van der Waals surface area contributed by atoms with Crippen LogP contribution < -0.4 is 10.6 Å². The number of carbonyl (C=O) groups is 1. The van der Waals surface area contributed by atoms with Gasteiger partial charge in [0.25, 0.3) is 5.91 Å². The molecule has 2 N–H and O–H groups in total. The van der Waals surface area contributed by atoms with Crippen molar-refractivity contribution in [3.8, 4) is 5.69 Å². The van der Waals surface area contributed by atoms with Crippen molar-refractivity contribution < 1.29 is 4.79 Å². The Balaban J connectivity index is 1.65. The second-order valence-corrected chi connectivity index (χ2v) is 6.83. The second kappa shape index (κ2) is 6.84. The molecule has 1 aliphatic rings. The van der Waals surface area contributed by atoms with E-state index in [2.05, 4.69) is 32.9 Å². The van der Waals surface area contributed by atoms with E-state index in [0.717, 1.165) is 41.8 Å². The maximum Gasteiger partial charge on any atom is 0.273 e. The molecule has 3 heterocycles. The molecule has 1 aromatic carbocycles. The smallest absolute Gasteiger partial charge is 0.273 e. The Morgan fingerprint density at radius 1 is 1.31 bits per heavy atom. The zero-order valence-corrected chi connectivity index (χ0v) is 14.9. The van der Waals surface area contributed by atoms with Gasteiger partial charge in [-0.2, -0.15) is 0 Å². The average molecular weight is 350 g/mol. The molecule has 2 atom stereocenters. The van der Waals surface area contributed by atoms with E-state index in [4.69, 9.17) is 0 Å². The number of nitrogens with one attached hydrogen (secondary N) is 2. The fourth-order valence-corrected chi connectivity index (χ4v) is 3.50. The van der Waals surface area contributed by atoms with E-state index >= 15 is 0 Å². The van der Waals surface area contributed by atoms with Gasteiger partial charge in [-0.15, -0.1) is 5.10 Å². The van der Waals surface area contributed by atoms with E-state index in [1.54, 1.807) is 10.9 Å². The van der Waals surface area contributed by atoms with Crippen molar-refractivity contribution in [1.29, 1.82) is 0 Å². The molecule has 1 amide bonds. The lowest BCUT2D eigenvalue weighted by Crippen LogP contribution is -2.48. The van der Waals surface area contributed by atoms with Crippen LogP contribution in [0.15, 0.2) is 36.5 Å². The highest BCUT2D eigenvalue weighted by Gasteiger charge is 2.26. The monoisotopic (exact) mass is 350 g/mol. The van der Waals surface area contributed by atoms with E-state index in [0.29, 0.717) is 11.6 Å². The summed E-state index contributed by atoms with van der Waals surface area (Å²) in [6, 6.07) is 9.90. The predicted octanol–water partition coefficient (Wildman–Crippen LogP) is 1.85. The molecule has 1 aliphatic heterocycles. The third-order valence-corrected chi connectivity index (χ3v) is 5.06. The molecule has 0 aliphatic carbocycles. The van der Waals surface area contributed by atoms with Gasteiger partial charge in [-0.1, -0.05) is 18.2 Å². The van der Waals surface area contributed by atoms with Crippen molar-refractivity contribution in [3.63, 3.8) is 0 Å². The number of amides is 1. The molecule has 1 saturated heterocycles. The molecule has 26 heavy (non-hydrogen) atoms. The van der Waals surface area contributed by atoms with Crippen LogP contribution in [0.25, 0.3) is 16.6 Å². The van der Waals surface area contributed by atoms with Crippen LogP contribution in [0.4, 0.5) is 0 Å². The Morgan fingerprint density at radius 2 is 2.19 bits per heavy atom. The van der Waals surface area contributed by atoms with Crippen LogP contribution in [0.5, 0.6) is 0 Å². The summed E-state index contributed by atoms with van der Waals surface area (Å²) in [7, 11) is 0. The zero-order valence-electron chi connectivity index (χ0n) is 14.9. The lowest BCUT2D eigenvalue weighted by Gasteiger charge is -2.29. The molecule has 0 radical (unpaired) electrons. The van der Waals surface area contributed by atoms with Crippen LogP contribution in [0, 0.1) is 12.8 Å². The Morgan fingerprint density at radius 3 is 3.04 bits per heavy atom. The fourth-order valence-electron chi connectivity index (χ4n) is 3.50. The number of fused-ring (bicyclic) bond motifs is 1. The number of aromatic nitrogens is 4. The summed E-state index contributed by atoms with van der Waals surface area (Å²) in [5, 5.41) is 15.8. The molecular weight excluding hydrogens is 328 g/mol. The van der Waals surface area contributed by atoms with Crippen molar-refractivity contribution >= 4 is 16.8 Å². The van der Waals surface area contributed by atoms with Crippen LogP contribution in [0.1, 0.15) is 29.5 Å². The number of hydrogen-bond acceptors (Lipinski definition) is 5. The Labute approximate surface area is 151 Å². The molecule has 4 rings (SSSR count). The van der Waals surface area contributed by atoms with Gasteiger partial charge in [0.05, 0.1) is 16.9 Å². The van der Waals surface area contributed by atoms with E-state index in [1.165, 1.54) is 0 Å². The highest BCUT2D eigenvalue weighted by atomic mass is 16.2. The Kier molecular flexibility index (Phi) is 4.38. The number of hydrogen-bond donors (Lipinski definition) is 2. The van der Waals surface area contributed by atoms with Gasteiger partial charge in [0.2, 0.25) is 0 Å². The fraction of sp³-hybridized carbons (Fsp3) is 0.368. The number of rotatable bonds is 3. The topological polar surface area (TPSA) is 84.7 Å². The van der Waals surface area contributed by atoms with Gasteiger partial charge in [0, 0.05) is 17.6 Å². The van der Waals surface area contributed by atoms with Crippen LogP contribution in [-0.2, 0) is 0 Å². The standard InChI is InChI=1S/C19H22N6O/c1-12-11-20-10-8-15(12)22-19(26)18-13(2)25(24-23-18)17-7-3-6-16-14(17)5-4-9-21-16/h3-7,9,12,15,20H,8,10-11H2,1-2H3,(H,22,26). The lowest BCUT2D eigenvalue weighted by molar-refractivity contribution is 0.0908. The van der Waals surface area contributed by atoms with Crippen LogP contribution in [0.2, 0.25) is 0 Å². The van der Waals surface area contributed by atoms with Gasteiger partial charge >= 0.3 is 0 Å². The van der Waals surface area contributed by atoms with Gasteiger partial charge < -0.3 is 10.6 Å². The molecule has 0 saturated carbocycles. The quantitative estimate of drug-likeness (QED) is 0.753. The summed E-state index contributed by atoms with van der Waals surface area (Å²) in [5.74, 6) is 0.234. The third-order valence-electron chi connectivity index (χ3n) is 5.06. The summed E-state index contributed by atoms with van der Waals surface area (Å²) in [6.45, 7) is 5.85. The van der Waals surface area contributed by atoms with E-state index in [9.17, 15) is 4.79 Å². The summed E-state index contributed by atoms with van der Waals surface area (Å²) in [4.78, 5) is 17.1. The molecule has 7 heteroatoms. The van der Waals surface area contributed by atoms with E-state index in [1.807, 2.05) is 37.3 Å². The highest BCUT2D eigenvalue weighted by Crippen LogP contribution is 2.22. The number of benzene rings is 1. The normalized spacial score (nSPS) is 20.2. The minimum Gasteiger partial charge on any atom is -0.347 e. The van der Waals surface area contributed by atoms with Gasteiger partial charge in [-0.25, -0.2) is 4.68 Å². The first-order valence-corrected chi connectivity index (χ1v) is 8.93. The minimum absolute atomic E-state index is 0.161. The van der Waals surface area contributed by atoms with Crippen molar-refractivity contribution in [3.05, 3.63) is 47.9 Å². The zero-order chi connectivity index (χ0) is 18.1. The van der Waals surface area contributed by atoms with Crippen molar-refractivity contribution in [2.45, 2.75) is 26.3 Å². The molecule has 134 valence electrons. The van der Waals surface area contributed by atoms with Gasteiger partial charge in [-0.05, 0) is 56.6 Å². The first-order chi connectivity index (χ1) is 12.6. The molecule has 2 unspecified atom stereocenters. The lowest BCUT2D eigenvalue weighted by atomic mass is 9.95. The largest absolute Gasteiger partial charge is 0.347 e. The minimum atomic E-state index is -0.161. The van der Waals surface area contributed by atoms with Crippen LogP contribution >= 0.6 is 0 Å². The predicted molar refractivity (Wildman–Crippen MR) is 99.3 cm³/mol. The summed E-state index contributed by atoms with van der Waals surface area (Å²) in [5.41, 5.74) is 2.85. The molecular formula is C19H22N6O. The SMILES string of the molecule is Cc1c(C(=O)NC2CCNCC2C)nnn1-c1cccc2ncccc12. The van der Waals surface area contributed by atoms with Gasteiger partial charge in [-0.3, -0.25) is 9.78 Å². The van der Waals surface area contributed by atoms with E-state index in [-0.39, 0.29) is 11.9 Å². The van der Waals surface area contributed by atoms with Gasteiger partial charge in [0.15, 0.2) is 5.69 Å². The molecule has 2 aromatic heterocycles. The molecule has 1 fully saturated rings. The van der Waals surface area contributed by atoms with Crippen molar-refractivity contribution in [2.75, 3.05) is 13.1 Å². The van der Waals surface area contributed by atoms with Crippen LogP contribution in [-0.4, -0.2) is 45.0 Å². The summed E-state index contributed by atoms with van der Waals surface area (Å²) >= 11 is 0. The third kappa shape index (κ3) is 2.94. The molecule has 0 spiro atoms. The molecule has 3 aromatic rings. The van der Waals surface area contributed by atoms with Gasteiger partial charge in [0.1, 0.15) is 0 Å². The number of nitrogens with zero attached hydrogens (tertiary/aromatic N) is 4. The molecule has 7 nitrogen and oxygen atoms in total. The first kappa shape index (κ1) is 16.7. The first-order valence-electron chi connectivity index (χ1n) is 8.93. The average Bonchev–Trinajstić information content (AvgIpc) is 3.04. The number of carbonyl (C=O) groups excluding carboxylic acids is 1. The van der Waals surface area contributed by atoms with E-state index < -0.39 is 0 Å². The summed E-state index contributed by atoms with van der Waals surface area (Å²) in [6.07, 6.45) is 2.69. The summed E-state index contributed by atoms with van der Waals surface area (Å²) < 4.78 is 1.71. The van der Waals surface area contributed by atoms with Crippen LogP contribution in [0.3, 0.4) is 0 Å². The second-order valence-electron chi connectivity index (χ2n) is 6.83. The Bertz CT molecular complexity index is 945. The maximum absolute atomic E-state index is 12.7. The maximum atomic E-state index is 12.7. The highest BCUT2D eigenvalue weighted by molar-refractivity contribution is 5.94. The number of piperidine rings is 1. The van der Waals surface area contributed by atoms with Crippen molar-refractivity contribution in [2.24, 2.45) is 5.92 Å².